The second kappa shape index (κ2) is 5.95. The minimum Gasteiger partial charge on any atom is -0.391 e. The highest BCUT2D eigenvalue weighted by Crippen LogP contribution is 2.41. The first-order valence-electron chi connectivity index (χ1n) is 9.09. The summed E-state index contributed by atoms with van der Waals surface area (Å²) in [6.45, 7) is 1.44. The van der Waals surface area contributed by atoms with Gasteiger partial charge in [0.1, 0.15) is 0 Å². The number of carbonyl (C=O) groups is 1. The summed E-state index contributed by atoms with van der Waals surface area (Å²) in [4.78, 5) is 15.0. The quantitative estimate of drug-likeness (QED) is 0.738. The van der Waals surface area contributed by atoms with Crippen LogP contribution in [-0.4, -0.2) is 55.1 Å². The molecule has 2 aromatic heterocycles. The SMILES string of the molecule is O=C(c1cccc2cn[nH]c12)N1C[C@H]2C[C@@H](n3cccn3)[C@H](O)C[C@H]2C1. The van der Waals surface area contributed by atoms with Gasteiger partial charge in [0.15, 0.2) is 0 Å². The molecule has 0 unspecified atom stereocenters. The van der Waals surface area contributed by atoms with E-state index in [2.05, 4.69) is 15.3 Å². The van der Waals surface area contributed by atoms with E-state index in [9.17, 15) is 9.90 Å². The van der Waals surface area contributed by atoms with Crippen molar-refractivity contribution in [1.29, 1.82) is 0 Å². The number of benzene rings is 1. The van der Waals surface area contributed by atoms with Gasteiger partial charge in [0.2, 0.25) is 0 Å². The van der Waals surface area contributed by atoms with Crippen LogP contribution >= 0.6 is 0 Å². The largest absolute Gasteiger partial charge is 0.391 e. The number of fused-ring (bicyclic) bond motifs is 2. The Labute approximate surface area is 150 Å². The normalized spacial score (nSPS) is 28.4. The van der Waals surface area contributed by atoms with Crippen LogP contribution < -0.4 is 0 Å². The van der Waals surface area contributed by atoms with Crippen LogP contribution in [0.3, 0.4) is 0 Å². The molecule has 3 aromatic rings. The van der Waals surface area contributed by atoms with E-state index in [0.29, 0.717) is 30.4 Å². The van der Waals surface area contributed by atoms with E-state index < -0.39 is 6.10 Å². The third-order valence-corrected chi connectivity index (χ3v) is 5.97. The Hall–Kier alpha value is -2.67. The molecule has 0 bridgehead atoms. The maximum Gasteiger partial charge on any atom is 0.256 e. The summed E-state index contributed by atoms with van der Waals surface area (Å²) in [5.74, 6) is 0.790. The van der Waals surface area contributed by atoms with Gasteiger partial charge in [-0.15, -0.1) is 0 Å². The minimum atomic E-state index is -0.415. The molecule has 1 amide bonds. The molecule has 26 heavy (non-hydrogen) atoms. The molecular formula is C19H21N5O2. The summed E-state index contributed by atoms with van der Waals surface area (Å²) in [6, 6.07) is 7.58. The number of hydrogen-bond acceptors (Lipinski definition) is 4. The number of nitrogens with one attached hydrogen (secondary N) is 1. The summed E-state index contributed by atoms with van der Waals surface area (Å²) in [5.41, 5.74) is 1.46. The molecule has 7 heteroatoms. The number of aliphatic hydroxyl groups excluding tert-OH is 1. The molecule has 1 saturated heterocycles. The molecule has 3 heterocycles. The lowest BCUT2D eigenvalue weighted by molar-refractivity contribution is 0.0306. The lowest BCUT2D eigenvalue weighted by Crippen LogP contribution is -2.36. The van der Waals surface area contributed by atoms with Crippen LogP contribution in [0, 0.1) is 11.8 Å². The predicted octanol–water partition coefficient (Wildman–Crippen LogP) is 1.84. The van der Waals surface area contributed by atoms with Gasteiger partial charge < -0.3 is 10.0 Å². The zero-order chi connectivity index (χ0) is 17.7. The first-order chi connectivity index (χ1) is 12.7. The molecule has 2 fully saturated rings. The van der Waals surface area contributed by atoms with Crippen molar-refractivity contribution in [2.75, 3.05) is 13.1 Å². The van der Waals surface area contributed by atoms with Crippen LogP contribution in [0.2, 0.25) is 0 Å². The van der Waals surface area contributed by atoms with Gasteiger partial charge in [0, 0.05) is 30.9 Å². The molecule has 1 aliphatic heterocycles. The first-order valence-corrected chi connectivity index (χ1v) is 9.09. The number of aliphatic hydroxyl groups is 1. The van der Waals surface area contributed by atoms with Crippen LogP contribution in [0.15, 0.2) is 42.9 Å². The average Bonchev–Trinajstić information content (AvgIpc) is 3.38. The maximum absolute atomic E-state index is 13.1. The van der Waals surface area contributed by atoms with Gasteiger partial charge in [0.25, 0.3) is 5.91 Å². The summed E-state index contributed by atoms with van der Waals surface area (Å²) in [5, 5.41) is 22.8. The van der Waals surface area contributed by atoms with E-state index in [1.54, 1.807) is 12.4 Å². The molecule has 0 spiro atoms. The van der Waals surface area contributed by atoms with E-state index in [4.69, 9.17) is 0 Å². The maximum atomic E-state index is 13.1. The Bertz CT molecular complexity index is 934. The predicted molar refractivity (Wildman–Crippen MR) is 95.5 cm³/mol. The standard InChI is InChI=1S/C19H21N5O2/c25-17-8-14-11-23(10-13(14)7-16(17)24-6-2-5-21-24)19(26)15-4-1-3-12-9-20-22-18(12)15/h1-6,9,13-14,16-17,25H,7-8,10-11H2,(H,20,22)/t13-,14+,16-,17-/m1/s1. The molecule has 4 atom stereocenters. The molecule has 1 saturated carbocycles. The van der Waals surface area contributed by atoms with Gasteiger partial charge in [-0.05, 0) is 36.8 Å². The zero-order valence-electron chi connectivity index (χ0n) is 14.3. The van der Waals surface area contributed by atoms with Crippen molar-refractivity contribution in [2.45, 2.75) is 25.0 Å². The number of para-hydroxylation sites is 1. The summed E-state index contributed by atoms with van der Waals surface area (Å²) >= 11 is 0. The van der Waals surface area contributed by atoms with Crippen molar-refractivity contribution in [3.63, 3.8) is 0 Å². The van der Waals surface area contributed by atoms with Crippen LogP contribution in [0.4, 0.5) is 0 Å². The molecule has 2 N–H and O–H groups in total. The van der Waals surface area contributed by atoms with E-state index >= 15 is 0 Å². The highest BCUT2D eigenvalue weighted by atomic mass is 16.3. The monoisotopic (exact) mass is 351 g/mol. The molecule has 1 aliphatic carbocycles. The summed E-state index contributed by atoms with van der Waals surface area (Å²) in [6.07, 6.45) is 6.54. The Balaban J connectivity index is 1.37. The van der Waals surface area contributed by atoms with Gasteiger partial charge in [-0.25, -0.2) is 0 Å². The van der Waals surface area contributed by atoms with E-state index in [1.807, 2.05) is 40.0 Å². The smallest absolute Gasteiger partial charge is 0.256 e. The molecular weight excluding hydrogens is 330 g/mol. The first kappa shape index (κ1) is 15.6. The summed E-state index contributed by atoms with van der Waals surface area (Å²) in [7, 11) is 0. The van der Waals surface area contributed by atoms with E-state index in [-0.39, 0.29) is 11.9 Å². The van der Waals surface area contributed by atoms with E-state index in [0.717, 1.165) is 23.9 Å². The van der Waals surface area contributed by atoms with Crippen molar-refractivity contribution in [1.82, 2.24) is 24.9 Å². The van der Waals surface area contributed by atoms with Crippen LogP contribution in [0.1, 0.15) is 29.2 Å². The lowest BCUT2D eigenvalue weighted by Gasteiger charge is -2.35. The zero-order valence-corrected chi connectivity index (χ0v) is 14.3. The second-order valence-corrected chi connectivity index (χ2v) is 7.46. The molecule has 2 aliphatic rings. The number of likely N-dealkylation sites (tertiary alicyclic amines) is 1. The number of nitrogens with zero attached hydrogens (tertiary/aromatic N) is 4. The Morgan fingerprint density at radius 1 is 1.19 bits per heavy atom. The highest BCUT2D eigenvalue weighted by molar-refractivity contribution is 6.05. The number of carbonyl (C=O) groups excluding carboxylic acids is 1. The second-order valence-electron chi connectivity index (χ2n) is 7.46. The number of hydrogen-bond donors (Lipinski definition) is 2. The highest BCUT2D eigenvalue weighted by Gasteiger charge is 2.44. The molecule has 0 radical (unpaired) electrons. The molecule has 5 rings (SSSR count). The van der Waals surface area contributed by atoms with Crippen molar-refractivity contribution >= 4 is 16.8 Å². The third-order valence-electron chi connectivity index (χ3n) is 5.97. The van der Waals surface area contributed by atoms with Crippen molar-refractivity contribution < 1.29 is 9.90 Å². The third kappa shape index (κ3) is 2.42. The molecule has 134 valence electrons. The molecule has 1 aromatic carbocycles. The van der Waals surface area contributed by atoms with Crippen molar-refractivity contribution in [3.05, 3.63) is 48.4 Å². The van der Waals surface area contributed by atoms with Gasteiger partial charge in [-0.3, -0.25) is 14.6 Å². The Morgan fingerprint density at radius 2 is 2.04 bits per heavy atom. The number of aromatic amines is 1. The van der Waals surface area contributed by atoms with Crippen molar-refractivity contribution in [2.24, 2.45) is 11.8 Å². The minimum absolute atomic E-state index is 0.00246. The average molecular weight is 351 g/mol. The topological polar surface area (TPSA) is 87.0 Å². The van der Waals surface area contributed by atoms with Crippen molar-refractivity contribution in [3.8, 4) is 0 Å². The van der Waals surface area contributed by atoms with Gasteiger partial charge >= 0.3 is 0 Å². The number of H-pyrrole nitrogens is 1. The van der Waals surface area contributed by atoms with E-state index in [1.165, 1.54) is 0 Å². The fourth-order valence-corrected chi connectivity index (χ4v) is 4.65. The fraction of sp³-hybridized carbons (Fsp3) is 0.421. The Kier molecular flexibility index (Phi) is 3.56. The number of amides is 1. The number of rotatable bonds is 2. The Morgan fingerprint density at radius 3 is 2.85 bits per heavy atom. The van der Waals surface area contributed by atoms with Crippen LogP contribution in [0.25, 0.3) is 10.9 Å². The fourth-order valence-electron chi connectivity index (χ4n) is 4.65. The number of aromatic nitrogens is 4. The summed E-state index contributed by atoms with van der Waals surface area (Å²) < 4.78 is 1.86. The van der Waals surface area contributed by atoms with Gasteiger partial charge in [0.05, 0.1) is 29.4 Å². The molecule has 7 nitrogen and oxygen atoms in total. The van der Waals surface area contributed by atoms with Crippen LogP contribution in [0.5, 0.6) is 0 Å². The lowest BCUT2D eigenvalue weighted by atomic mass is 9.77. The van der Waals surface area contributed by atoms with Gasteiger partial charge in [-0.1, -0.05) is 12.1 Å². The van der Waals surface area contributed by atoms with Crippen LogP contribution in [-0.2, 0) is 0 Å². The van der Waals surface area contributed by atoms with Gasteiger partial charge in [-0.2, -0.15) is 10.2 Å².